The molecule has 1 aromatic heterocycles. The van der Waals surface area contributed by atoms with Gasteiger partial charge in [0.05, 0.1) is 0 Å². The molecule has 0 aliphatic carbocycles. The zero-order chi connectivity index (χ0) is 12.8. The maximum Gasteiger partial charge on any atom is 0.123 e. The van der Waals surface area contributed by atoms with Crippen molar-refractivity contribution in [1.82, 2.24) is 0 Å². The summed E-state index contributed by atoms with van der Waals surface area (Å²) >= 11 is 1.78. The van der Waals surface area contributed by atoms with Gasteiger partial charge in [0.15, 0.2) is 0 Å². The number of aryl methyl sites for hydroxylation is 1. The highest BCUT2D eigenvalue weighted by Gasteiger charge is 2.12. The summed E-state index contributed by atoms with van der Waals surface area (Å²) in [5.74, 6) is 0.345. The Balaban J connectivity index is 1.98. The van der Waals surface area contributed by atoms with Gasteiger partial charge in [-0.2, -0.15) is 0 Å². The number of thiophene rings is 1. The van der Waals surface area contributed by atoms with E-state index in [1.165, 1.54) is 10.9 Å². The van der Waals surface area contributed by atoms with Crippen molar-refractivity contribution in [3.63, 3.8) is 0 Å². The van der Waals surface area contributed by atoms with Gasteiger partial charge < -0.3 is 5.73 Å². The molecule has 0 aliphatic rings. The van der Waals surface area contributed by atoms with Crippen LogP contribution in [0, 0.1) is 5.82 Å². The van der Waals surface area contributed by atoms with E-state index in [0.717, 1.165) is 24.8 Å². The average molecular weight is 263 g/mol. The minimum Gasteiger partial charge on any atom is -0.330 e. The van der Waals surface area contributed by atoms with E-state index in [1.54, 1.807) is 23.5 Å². The Morgan fingerprint density at radius 3 is 2.72 bits per heavy atom. The van der Waals surface area contributed by atoms with Crippen LogP contribution in [0.1, 0.15) is 29.2 Å². The maximum absolute atomic E-state index is 13.1. The fourth-order valence-electron chi connectivity index (χ4n) is 2.19. The lowest BCUT2D eigenvalue weighted by Gasteiger charge is -2.14. The van der Waals surface area contributed by atoms with Crippen LogP contribution in [0.15, 0.2) is 41.8 Å². The fourth-order valence-corrected chi connectivity index (χ4v) is 3.09. The molecule has 2 aromatic rings. The molecule has 1 heterocycles. The van der Waals surface area contributed by atoms with Crippen LogP contribution in [0.4, 0.5) is 4.39 Å². The number of benzene rings is 1. The lowest BCUT2D eigenvalue weighted by atomic mass is 9.95. The van der Waals surface area contributed by atoms with Crippen LogP contribution in [0.5, 0.6) is 0 Å². The molecular formula is C15H18FNS. The van der Waals surface area contributed by atoms with E-state index >= 15 is 0 Å². The summed E-state index contributed by atoms with van der Waals surface area (Å²) in [6.07, 6.45) is 2.93. The van der Waals surface area contributed by atoms with Crippen molar-refractivity contribution in [2.45, 2.75) is 25.2 Å². The third-order valence-corrected chi connectivity index (χ3v) is 4.17. The predicted octanol–water partition coefficient (Wildman–Crippen LogP) is 3.95. The van der Waals surface area contributed by atoms with Gasteiger partial charge >= 0.3 is 0 Å². The van der Waals surface area contributed by atoms with Crippen molar-refractivity contribution < 1.29 is 4.39 Å². The van der Waals surface area contributed by atoms with E-state index in [9.17, 15) is 4.39 Å². The Labute approximate surface area is 111 Å². The minimum absolute atomic E-state index is 0.154. The third-order valence-electron chi connectivity index (χ3n) is 3.13. The summed E-state index contributed by atoms with van der Waals surface area (Å²) in [5, 5.41) is 2.10. The molecule has 1 unspecified atom stereocenters. The van der Waals surface area contributed by atoms with Crippen LogP contribution in [-0.2, 0) is 6.42 Å². The largest absolute Gasteiger partial charge is 0.330 e. The van der Waals surface area contributed by atoms with Gasteiger partial charge in [-0.3, -0.25) is 0 Å². The summed E-state index contributed by atoms with van der Waals surface area (Å²) in [6.45, 7) is 0.700. The van der Waals surface area contributed by atoms with Crippen molar-refractivity contribution in [2.75, 3.05) is 6.54 Å². The molecule has 0 bridgehead atoms. The second-order valence-corrected chi connectivity index (χ2v) is 5.44. The first kappa shape index (κ1) is 13.2. The van der Waals surface area contributed by atoms with Crippen LogP contribution in [0.2, 0.25) is 0 Å². The summed E-state index contributed by atoms with van der Waals surface area (Å²) in [4.78, 5) is 1.39. The number of hydrogen-bond donors (Lipinski definition) is 1. The van der Waals surface area contributed by atoms with Gasteiger partial charge in [0, 0.05) is 4.88 Å². The molecule has 2 N–H and O–H groups in total. The number of nitrogens with two attached hydrogens (primary N) is 1. The Bertz CT molecular complexity index is 467. The molecule has 0 amide bonds. The van der Waals surface area contributed by atoms with Crippen molar-refractivity contribution in [3.8, 4) is 0 Å². The van der Waals surface area contributed by atoms with Gasteiger partial charge in [-0.05, 0) is 60.9 Å². The van der Waals surface area contributed by atoms with E-state index in [0.29, 0.717) is 12.5 Å². The van der Waals surface area contributed by atoms with E-state index in [-0.39, 0.29) is 5.82 Å². The second-order valence-electron chi connectivity index (χ2n) is 4.46. The van der Waals surface area contributed by atoms with E-state index in [1.807, 2.05) is 6.07 Å². The van der Waals surface area contributed by atoms with Crippen molar-refractivity contribution in [2.24, 2.45) is 5.73 Å². The minimum atomic E-state index is -0.154. The summed E-state index contributed by atoms with van der Waals surface area (Å²) in [6, 6.07) is 11.1. The molecule has 0 aliphatic heterocycles. The maximum atomic E-state index is 13.1. The van der Waals surface area contributed by atoms with Crippen LogP contribution in [0.3, 0.4) is 0 Å². The van der Waals surface area contributed by atoms with E-state index in [2.05, 4.69) is 17.5 Å². The van der Waals surface area contributed by atoms with Crippen LogP contribution >= 0.6 is 11.3 Å². The SMILES string of the molecule is NCCC(CCc1cccc(F)c1)c1cccs1. The zero-order valence-electron chi connectivity index (χ0n) is 10.3. The van der Waals surface area contributed by atoms with Gasteiger partial charge in [-0.1, -0.05) is 18.2 Å². The first-order valence-corrected chi connectivity index (χ1v) is 7.15. The van der Waals surface area contributed by atoms with Crippen molar-refractivity contribution in [1.29, 1.82) is 0 Å². The van der Waals surface area contributed by atoms with E-state index in [4.69, 9.17) is 5.73 Å². The van der Waals surface area contributed by atoms with Gasteiger partial charge in [0.1, 0.15) is 5.82 Å². The lowest BCUT2D eigenvalue weighted by Crippen LogP contribution is -2.07. The first-order valence-electron chi connectivity index (χ1n) is 6.27. The molecule has 1 aromatic carbocycles. The first-order chi connectivity index (χ1) is 8.79. The average Bonchev–Trinajstić information content (AvgIpc) is 2.88. The second kappa shape index (κ2) is 6.66. The standard InChI is InChI=1S/C15H18FNS/c16-14-4-1-3-12(11-14)6-7-13(8-9-17)15-5-2-10-18-15/h1-5,10-11,13H,6-9,17H2. The summed E-state index contributed by atoms with van der Waals surface area (Å²) in [5.41, 5.74) is 6.74. The van der Waals surface area contributed by atoms with Gasteiger partial charge in [0.2, 0.25) is 0 Å². The molecule has 0 radical (unpaired) electrons. The van der Waals surface area contributed by atoms with Crippen molar-refractivity contribution in [3.05, 3.63) is 58.0 Å². The number of hydrogen-bond acceptors (Lipinski definition) is 2. The number of rotatable bonds is 6. The zero-order valence-corrected chi connectivity index (χ0v) is 11.1. The Kier molecular flexibility index (Phi) is 4.90. The fraction of sp³-hybridized carbons (Fsp3) is 0.333. The van der Waals surface area contributed by atoms with Gasteiger partial charge in [-0.15, -0.1) is 11.3 Å². The molecule has 96 valence electrons. The van der Waals surface area contributed by atoms with Crippen molar-refractivity contribution >= 4 is 11.3 Å². The quantitative estimate of drug-likeness (QED) is 0.839. The van der Waals surface area contributed by atoms with Gasteiger partial charge in [-0.25, -0.2) is 4.39 Å². The highest BCUT2D eigenvalue weighted by molar-refractivity contribution is 7.10. The lowest BCUT2D eigenvalue weighted by molar-refractivity contribution is 0.588. The Morgan fingerprint density at radius 1 is 1.17 bits per heavy atom. The van der Waals surface area contributed by atoms with Crippen LogP contribution < -0.4 is 5.73 Å². The molecule has 2 rings (SSSR count). The molecule has 18 heavy (non-hydrogen) atoms. The topological polar surface area (TPSA) is 26.0 Å². The van der Waals surface area contributed by atoms with Crippen LogP contribution in [-0.4, -0.2) is 6.54 Å². The Morgan fingerprint density at radius 2 is 2.06 bits per heavy atom. The molecule has 3 heteroatoms. The summed E-state index contributed by atoms with van der Waals surface area (Å²) in [7, 11) is 0. The van der Waals surface area contributed by atoms with Crippen LogP contribution in [0.25, 0.3) is 0 Å². The molecular weight excluding hydrogens is 245 g/mol. The van der Waals surface area contributed by atoms with Gasteiger partial charge in [0.25, 0.3) is 0 Å². The molecule has 0 saturated heterocycles. The smallest absolute Gasteiger partial charge is 0.123 e. The third kappa shape index (κ3) is 3.65. The molecule has 0 fully saturated rings. The predicted molar refractivity (Wildman–Crippen MR) is 75.5 cm³/mol. The monoisotopic (exact) mass is 263 g/mol. The molecule has 1 atom stereocenters. The Hall–Kier alpha value is -1.19. The molecule has 1 nitrogen and oxygen atoms in total. The highest BCUT2D eigenvalue weighted by Crippen LogP contribution is 2.28. The number of halogens is 1. The molecule has 0 spiro atoms. The van der Waals surface area contributed by atoms with E-state index < -0.39 is 0 Å². The molecule has 0 saturated carbocycles. The highest BCUT2D eigenvalue weighted by atomic mass is 32.1. The summed E-state index contributed by atoms with van der Waals surface area (Å²) < 4.78 is 13.1. The normalized spacial score (nSPS) is 12.6.